The Labute approximate surface area is 161 Å². The monoisotopic (exact) mass is 401 g/mol. The van der Waals surface area contributed by atoms with Gasteiger partial charge in [0, 0.05) is 21.9 Å². The Morgan fingerprint density at radius 2 is 1.78 bits per heavy atom. The molecule has 0 aliphatic rings. The summed E-state index contributed by atoms with van der Waals surface area (Å²) in [6, 6.07) is 15.6. The van der Waals surface area contributed by atoms with Gasteiger partial charge in [-0.25, -0.2) is 8.42 Å². The maximum atomic E-state index is 12.8. The number of halogens is 1. The summed E-state index contributed by atoms with van der Waals surface area (Å²) >= 11 is 6.07. The van der Waals surface area contributed by atoms with Crippen molar-refractivity contribution in [3.8, 4) is 5.75 Å². The van der Waals surface area contributed by atoms with Crippen LogP contribution < -0.4 is 9.46 Å². The van der Waals surface area contributed by atoms with Crippen molar-refractivity contribution >= 4 is 49.3 Å². The van der Waals surface area contributed by atoms with Crippen molar-refractivity contribution in [1.29, 1.82) is 0 Å². The molecule has 0 spiro atoms. The lowest BCUT2D eigenvalue weighted by atomic mass is 10.1. The fourth-order valence-electron chi connectivity index (χ4n) is 2.94. The number of hydrogen-bond donors (Lipinski definition) is 1. The number of ether oxygens (including phenoxy) is 1. The molecular weight excluding hydrogens is 386 g/mol. The Balaban J connectivity index is 1.82. The Hall–Kier alpha value is -2.70. The summed E-state index contributed by atoms with van der Waals surface area (Å²) in [6.45, 7) is 1.81. The van der Waals surface area contributed by atoms with Gasteiger partial charge in [-0.2, -0.15) is 0 Å². The highest BCUT2D eigenvalue weighted by molar-refractivity contribution is 7.92. The van der Waals surface area contributed by atoms with Crippen molar-refractivity contribution in [3.63, 3.8) is 0 Å². The van der Waals surface area contributed by atoms with E-state index in [0.29, 0.717) is 22.0 Å². The van der Waals surface area contributed by atoms with Crippen LogP contribution >= 0.6 is 11.6 Å². The molecule has 7 heteroatoms. The predicted molar refractivity (Wildman–Crippen MR) is 107 cm³/mol. The number of furan rings is 1. The molecule has 0 unspecified atom stereocenters. The second-order valence-corrected chi connectivity index (χ2v) is 8.25. The van der Waals surface area contributed by atoms with Crippen LogP contribution in [0.1, 0.15) is 5.56 Å². The quantitative estimate of drug-likeness (QED) is 0.500. The van der Waals surface area contributed by atoms with Crippen LogP contribution in [-0.4, -0.2) is 15.5 Å². The fraction of sp³-hybridized carbons (Fsp3) is 0.100. The van der Waals surface area contributed by atoms with Crippen LogP contribution in [0.4, 0.5) is 5.69 Å². The number of rotatable bonds is 4. The maximum Gasteiger partial charge on any atom is 0.262 e. The lowest BCUT2D eigenvalue weighted by Crippen LogP contribution is -2.13. The summed E-state index contributed by atoms with van der Waals surface area (Å²) in [4.78, 5) is 0.0739. The summed E-state index contributed by atoms with van der Waals surface area (Å²) in [7, 11) is -2.35. The van der Waals surface area contributed by atoms with Crippen LogP contribution in [0, 0.1) is 6.92 Å². The van der Waals surface area contributed by atoms with E-state index in [9.17, 15) is 8.42 Å². The number of hydrogen-bond acceptors (Lipinski definition) is 4. The number of sulfonamides is 1. The van der Waals surface area contributed by atoms with E-state index in [0.717, 1.165) is 21.9 Å². The highest BCUT2D eigenvalue weighted by atomic mass is 35.5. The minimum absolute atomic E-state index is 0.0739. The van der Waals surface area contributed by atoms with Crippen molar-refractivity contribution in [3.05, 3.63) is 65.2 Å². The molecule has 0 atom stereocenters. The molecular formula is C20H16ClNO4S. The Morgan fingerprint density at radius 3 is 2.52 bits per heavy atom. The molecule has 0 amide bonds. The van der Waals surface area contributed by atoms with E-state index in [1.54, 1.807) is 18.2 Å². The topological polar surface area (TPSA) is 68.5 Å². The summed E-state index contributed by atoms with van der Waals surface area (Å²) in [6.07, 6.45) is 0. The van der Waals surface area contributed by atoms with Crippen molar-refractivity contribution in [2.24, 2.45) is 0 Å². The Kier molecular flexibility index (Phi) is 4.25. The average molecular weight is 402 g/mol. The van der Waals surface area contributed by atoms with E-state index in [1.807, 2.05) is 31.2 Å². The van der Waals surface area contributed by atoms with Crippen LogP contribution in [-0.2, 0) is 10.0 Å². The van der Waals surface area contributed by atoms with E-state index in [-0.39, 0.29) is 4.90 Å². The molecule has 0 saturated heterocycles. The minimum atomic E-state index is -3.84. The third-order valence-electron chi connectivity index (χ3n) is 4.40. The first kappa shape index (κ1) is 17.7. The van der Waals surface area contributed by atoms with E-state index in [1.165, 1.54) is 19.2 Å². The molecule has 3 aromatic carbocycles. The maximum absolute atomic E-state index is 12.8. The molecule has 0 bridgehead atoms. The van der Waals surface area contributed by atoms with Crippen LogP contribution in [0.25, 0.3) is 21.9 Å². The van der Waals surface area contributed by atoms with E-state index in [2.05, 4.69) is 4.72 Å². The molecule has 4 aromatic rings. The molecule has 1 N–H and O–H groups in total. The third-order valence-corrected chi connectivity index (χ3v) is 6.17. The number of nitrogens with one attached hydrogen (secondary N) is 1. The van der Waals surface area contributed by atoms with Crippen molar-refractivity contribution in [1.82, 2.24) is 0 Å². The second kappa shape index (κ2) is 6.48. The molecule has 0 saturated carbocycles. The van der Waals surface area contributed by atoms with Gasteiger partial charge < -0.3 is 9.15 Å². The highest BCUT2D eigenvalue weighted by Crippen LogP contribution is 2.37. The second-order valence-electron chi connectivity index (χ2n) is 6.16. The number of fused-ring (bicyclic) bond motifs is 3. The summed E-state index contributed by atoms with van der Waals surface area (Å²) in [5, 5.41) is 2.17. The number of benzene rings is 3. The smallest absolute Gasteiger partial charge is 0.262 e. The first-order valence-electron chi connectivity index (χ1n) is 8.17. The van der Waals surface area contributed by atoms with E-state index < -0.39 is 10.0 Å². The lowest BCUT2D eigenvalue weighted by molar-refractivity contribution is 0.417. The van der Waals surface area contributed by atoms with Gasteiger partial charge in [-0.1, -0.05) is 35.9 Å². The first-order chi connectivity index (χ1) is 12.9. The van der Waals surface area contributed by atoms with Crippen LogP contribution in [0.3, 0.4) is 0 Å². The van der Waals surface area contributed by atoms with E-state index in [4.69, 9.17) is 20.8 Å². The average Bonchev–Trinajstić information content (AvgIpc) is 3.00. The number of anilines is 1. The third kappa shape index (κ3) is 3.11. The molecule has 138 valence electrons. The van der Waals surface area contributed by atoms with Gasteiger partial charge in [0.2, 0.25) is 0 Å². The molecule has 0 radical (unpaired) electrons. The van der Waals surface area contributed by atoms with Gasteiger partial charge in [-0.05, 0) is 36.8 Å². The van der Waals surface area contributed by atoms with Gasteiger partial charge in [0.25, 0.3) is 10.0 Å². The van der Waals surface area contributed by atoms with Crippen LogP contribution in [0.15, 0.2) is 63.9 Å². The molecule has 1 heterocycles. The lowest BCUT2D eigenvalue weighted by Gasteiger charge is -2.12. The summed E-state index contributed by atoms with van der Waals surface area (Å²) in [5.41, 5.74) is 2.38. The zero-order chi connectivity index (χ0) is 19.2. The van der Waals surface area contributed by atoms with Crippen molar-refractivity contribution in [2.45, 2.75) is 11.8 Å². The number of methoxy groups -OCH3 is 1. The normalized spacial score (nSPS) is 11.8. The van der Waals surface area contributed by atoms with E-state index >= 15 is 0 Å². The standard InChI is InChI=1S/C20H16ClNO4S/c1-12-7-8-13(9-16(12)21)27(23,24)22-17-11-19-15(10-20(17)25-2)14-5-3-4-6-18(14)26-19/h3-11,22H,1-2H3. The number of aryl methyl sites for hydroxylation is 1. The van der Waals surface area contributed by atoms with Crippen LogP contribution in [0.5, 0.6) is 5.75 Å². The molecule has 1 aromatic heterocycles. The fourth-order valence-corrected chi connectivity index (χ4v) is 4.28. The SMILES string of the molecule is COc1cc2c(cc1NS(=O)(=O)c1ccc(C)c(Cl)c1)oc1ccccc12. The Bertz CT molecular complexity index is 1280. The zero-order valence-electron chi connectivity index (χ0n) is 14.6. The molecule has 27 heavy (non-hydrogen) atoms. The predicted octanol–water partition coefficient (Wildman–Crippen LogP) is 5.36. The van der Waals surface area contributed by atoms with Crippen LogP contribution in [0.2, 0.25) is 5.02 Å². The molecule has 0 aliphatic heterocycles. The van der Waals surface area contributed by atoms with Gasteiger partial charge >= 0.3 is 0 Å². The zero-order valence-corrected chi connectivity index (χ0v) is 16.2. The number of para-hydroxylation sites is 1. The van der Waals surface area contributed by atoms with Gasteiger partial charge in [0.05, 0.1) is 17.7 Å². The van der Waals surface area contributed by atoms with Gasteiger partial charge in [0.15, 0.2) is 0 Å². The highest BCUT2D eigenvalue weighted by Gasteiger charge is 2.19. The summed E-state index contributed by atoms with van der Waals surface area (Å²) in [5.74, 6) is 0.399. The van der Waals surface area contributed by atoms with Crippen molar-refractivity contribution in [2.75, 3.05) is 11.8 Å². The van der Waals surface area contributed by atoms with Gasteiger partial charge in [-0.15, -0.1) is 0 Å². The molecule has 5 nitrogen and oxygen atoms in total. The largest absolute Gasteiger partial charge is 0.495 e. The summed E-state index contributed by atoms with van der Waals surface area (Å²) < 4.78 is 39.4. The van der Waals surface area contributed by atoms with Crippen molar-refractivity contribution < 1.29 is 17.6 Å². The van der Waals surface area contributed by atoms with Gasteiger partial charge in [0.1, 0.15) is 16.9 Å². The first-order valence-corrected chi connectivity index (χ1v) is 10.0. The minimum Gasteiger partial charge on any atom is -0.495 e. The molecule has 0 fully saturated rings. The molecule has 4 rings (SSSR count). The van der Waals surface area contributed by atoms with Gasteiger partial charge in [-0.3, -0.25) is 4.72 Å². The molecule has 0 aliphatic carbocycles. The Morgan fingerprint density at radius 1 is 1.00 bits per heavy atom.